The van der Waals surface area contributed by atoms with Gasteiger partial charge in [0.25, 0.3) is 5.91 Å². The first-order valence-electron chi connectivity index (χ1n) is 9.31. The molecule has 1 amide bonds. The van der Waals surface area contributed by atoms with Crippen LogP contribution >= 0.6 is 0 Å². The molecule has 26 heavy (non-hydrogen) atoms. The summed E-state index contributed by atoms with van der Waals surface area (Å²) in [6.07, 6.45) is 7.54. The van der Waals surface area contributed by atoms with Crippen molar-refractivity contribution in [2.75, 3.05) is 13.1 Å². The molecule has 0 spiro atoms. The van der Waals surface area contributed by atoms with Gasteiger partial charge in [0.2, 0.25) is 0 Å². The van der Waals surface area contributed by atoms with E-state index in [1.165, 1.54) is 6.07 Å². The number of aromatic nitrogens is 3. The third-order valence-corrected chi connectivity index (χ3v) is 5.86. The molecular weight excluding hydrogens is 331 g/mol. The summed E-state index contributed by atoms with van der Waals surface area (Å²) >= 11 is 0. The highest BCUT2D eigenvalue weighted by molar-refractivity contribution is 5.95. The molecule has 1 saturated heterocycles. The summed E-state index contributed by atoms with van der Waals surface area (Å²) in [7, 11) is 0. The van der Waals surface area contributed by atoms with Crippen LogP contribution in [0.5, 0.6) is 0 Å². The lowest BCUT2D eigenvalue weighted by atomic mass is 9.89. The minimum absolute atomic E-state index is 0.108. The number of hydrogen-bond donors (Lipinski definition) is 1. The van der Waals surface area contributed by atoms with Crippen LogP contribution in [0.4, 0.5) is 4.39 Å². The molecule has 3 aromatic rings. The lowest BCUT2D eigenvalue weighted by Crippen LogP contribution is -2.38. The Labute approximate surface area is 150 Å². The van der Waals surface area contributed by atoms with Gasteiger partial charge in [0, 0.05) is 36.7 Å². The molecule has 1 fully saturated rings. The predicted octanol–water partition coefficient (Wildman–Crippen LogP) is 3.47. The van der Waals surface area contributed by atoms with E-state index in [9.17, 15) is 9.18 Å². The zero-order valence-corrected chi connectivity index (χ0v) is 14.5. The maximum Gasteiger partial charge on any atom is 0.257 e. The van der Waals surface area contributed by atoms with E-state index in [0.717, 1.165) is 73.0 Å². The van der Waals surface area contributed by atoms with E-state index >= 15 is 0 Å². The standard InChI is InChI=1S/C20H21FN4O/c21-14-3-4-18-15(10-14)16(11-22-18)13-5-8-24(9-6-13)20(26)17-12-23-25-7-1-2-19(17)25/h3-4,10-13,22H,1-2,5-9H2. The number of halogens is 1. The molecule has 0 unspecified atom stereocenters. The van der Waals surface area contributed by atoms with E-state index in [4.69, 9.17) is 0 Å². The molecule has 0 saturated carbocycles. The fourth-order valence-corrected chi connectivity index (χ4v) is 4.46. The van der Waals surface area contributed by atoms with Gasteiger partial charge in [0.15, 0.2) is 0 Å². The Bertz CT molecular complexity index is 981. The molecule has 5 rings (SSSR count). The van der Waals surface area contributed by atoms with Gasteiger partial charge in [-0.05, 0) is 55.4 Å². The Hall–Kier alpha value is -2.63. The highest BCUT2D eigenvalue weighted by Gasteiger charge is 2.29. The van der Waals surface area contributed by atoms with Crippen molar-refractivity contribution >= 4 is 16.8 Å². The van der Waals surface area contributed by atoms with E-state index in [0.29, 0.717) is 5.92 Å². The molecule has 2 aliphatic heterocycles. The van der Waals surface area contributed by atoms with Crippen LogP contribution in [0.15, 0.2) is 30.6 Å². The Balaban J connectivity index is 1.32. The fourth-order valence-electron chi connectivity index (χ4n) is 4.46. The summed E-state index contributed by atoms with van der Waals surface area (Å²) in [6, 6.07) is 4.87. The molecule has 0 aliphatic carbocycles. The second kappa shape index (κ2) is 5.97. The maximum absolute atomic E-state index is 13.6. The predicted molar refractivity (Wildman–Crippen MR) is 96.7 cm³/mol. The minimum Gasteiger partial charge on any atom is -0.361 e. The molecule has 1 aromatic carbocycles. The number of piperidine rings is 1. The van der Waals surface area contributed by atoms with Crippen LogP contribution in [0.25, 0.3) is 10.9 Å². The average Bonchev–Trinajstić information content (AvgIpc) is 3.36. The van der Waals surface area contributed by atoms with Gasteiger partial charge in [0.1, 0.15) is 5.82 Å². The summed E-state index contributed by atoms with van der Waals surface area (Å²) in [5.74, 6) is 0.255. The van der Waals surface area contributed by atoms with Crippen molar-refractivity contribution < 1.29 is 9.18 Å². The van der Waals surface area contributed by atoms with Gasteiger partial charge in [-0.25, -0.2) is 4.39 Å². The van der Waals surface area contributed by atoms with Crippen LogP contribution in [0, 0.1) is 5.82 Å². The molecule has 2 aliphatic rings. The lowest BCUT2D eigenvalue weighted by Gasteiger charge is -2.32. The van der Waals surface area contributed by atoms with Gasteiger partial charge >= 0.3 is 0 Å². The number of carbonyl (C=O) groups excluding carboxylic acids is 1. The van der Waals surface area contributed by atoms with E-state index in [2.05, 4.69) is 10.1 Å². The quantitative estimate of drug-likeness (QED) is 0.768. The zero-order valence-electron chi connectivity index (χ0n) is 14.5. The molecule has 1 N–H and O–H groups in total. The van der Waals surface area contributed by atoms with Crippen LogP contribution < -0.4 is 0 Å². The molecule has 134 valence electrons. The second-order valence-corrected chi connectivity index (χ2v) is 7.33. The number of nitrogens with zero attached hydrogens (tertiary/aromatic N) is 3. The molecule has 0 bridgehead atoms. The fraction of sp³-hybridized carbons (Fsp3) is 0.400. The van der Waals surface area contributed by atoms with E-state index in [1.54, 1.807) is 18.3 Å². The number of carbonyl (C=O) groups is 1. The van der Waals surface area contributed by atoms with Crippen molar-refractivity contribution in [1.82, 2.24) is 19.7 Å². The number of hydrogen-bond acceptors (Lipinski definition) is 2. The van der Waals surface area contributed by atoms with Crippen molar-refractivity contribution in [3.8, 4) is 0 Å². The number of fused-ring (bicyclic) bond motifs is 2. The number of H-pyrrole nitrogens is 1. The van der Waals surface area contributed by atoms with Crippen molar-refractivity contribution in [2.45, 2.75) is 38.1 Å². The van der Waals surface area contributed by atoms with Crippen molar-refractivity contribution in [3.63, 3.8) is 0 Å². The summed E-state index contributed by atoms with van der Waals surface area (Å²) in [5.41, 5.74) is 3.99. The average molecular weight is 352 g/mol. The molecule has 5 nitrogen and oxygen atoms in total. The smallest absolute Gasteiger partial charge is 0.257 e. The minimum atomic E-state index is -0.207. The van der Waals surface area contributed by atoms with Crippen molar-refractivity contribution in [1.29, 1.82) is 0 Å². The summed E-state index contributed by atoms with van der Waals surface area (Å²) in [6.45, 7) is 2.38. The number of aryl methyl sites for hydroxylation is 1. The third kappa shape index (κ3) is 2.43. The highest BCUT2D eigenvalue weighted by atomic mass is 19.1. The Kier molecular flexibility index (Phi) is 3.58. The van der Waals surface area contributed by atoms with E-state index in [1.807, 2.05) is 15.8 Å². The number of rotatable bonds is 2. The number of aromatic amines is 1. The monoisotopic (exact) mass is 352 g/mol. The third-order valence-electron chi connectivity index (χ3n) is 5.86. The van der Waals surface area contributed by atoms with Crippen molar-refractivity contribution in [3.05, 3.63) is 53.2 Å². The van der Waals surface area contributed by atoms with Crippen LogP contribution in [0.2, 0.25) is 0 Å². The topological polar surface area (TPSA) is 53.9 Å². The van der Waals surface area contributed by atoms with Crippen LogP contribution in [-0.2, 0) is 13.0 Å². The maximum atomic E-state index is 13.6. The van der Waals surface area contributed by atoms with Gasteiger partial charge in [-0.3, -0.25) is 9.48 Å². The molecule has 2 aromatic heterocycles. The second-order valence-electron chi connectivity index (χ2n) is 7.33. The summed E-state index contributed by atoms with van der Waals surface area (Å²) in [5, 5.41) is 5.30. The Morgan fingerprint density at radius 2 is 2.08 bits per heavy atom. The first-order chi connectivity index (χ1) is 12.7. The molecule has 6 heteroatoms. The number of nitrogens with one attached hydrogen (secondary N) is 1. The number of amides is 1. The van der Waals surface area contributed by atoms with Gasteiger partial charge in [-0.2, -0.15) is 5.10 Å². The SMILES string of the molecule is O=C(c1cnn2c1CCC2)N1CCC(c2c[nH]c3ccc(F)cc23)CC1. The van der Waals surface area contributed by atoms with E-state index in [-0.39, 0.29) is 11.7 Å². The van der Waals surface area contributed by atoms with Crippen molar-refractivity contribution in [2.24, 2.45) is 0 Å². The normalized spacial score (nSPS) is 17.8. The Morgan fingerprint density at radius 3 is 2.92 bits per heavy atom. The highest BCUT2D eigenvalue weighted by Crippen LogP contribution is 2.34. The summed E-state index contributed by atoms with van der Waals surface area (Å²) in [4.78, 5) is 18.1. The van der Waals surface area contributed by atoms with Gasteiger partial charge < -0.3 is 9.88 Å². The first-order valence-corrected chi connectivity index (χ1v) is 9.31. The van der Waals surface area contributed by atoms with Gasteiger partial charge in [0.05, 0.1) is 17.5 Å². The lowest BCUT2D eigenvalue weighted by molar-refractivity contribution is 0.0712. The van der Waals surface area contributed by atoms with Gasteiger partial charge in [-0.1, -0.05) is 0 Å². The summed E-state index contributed by atoms with van der Waals surface area (Å²) < 4.78 is 15.6. The van der Waals surface area contributed by atoms with E-state index < -0.39 is 0 Å². The van der Waals surface area contributed by atoms with Crippen LogP contribution in [0.1, 0.15) is 46.8 Å². The van der Waals surface area contributed by atoms with Crippen LogP contribution in [-0.4, -0.2) is 38.7 Å². The Morgan fingerprint density at radius 1 is 1.23 bits per heavy atom. The number of benzene rings is 1. The largest absolute Gasteiger partial charge is 0.361 e. The van der Waals surface area contributed by atoms with Crippen LogP contribution in [0.3, 0.4) is 0 Å². The molecule has 0 radical (unpaired) electrons. The molecule has 4 heterocycles. The number of likely N-dealkylation sites (tertiary alicyclic amines) is 1. The van der Waals surface area contributed by atoms with Gasteiger partial charge in [-0.15, -0.1) is 0 Å². The first kappa shape index (κ1) is 15.6. The molecular formula is C20H21FN4O. The zero-order chi connectivity index (χ0) is 17.7. The molecule has 0 atom stereocenters.